The van der Waals surface area contributed by atoms with E-state index in [0.717, 1.165) is 18.4 Å². The number of nitrogens with zero attached hydrogens (tertiary/aromatic N) is 1. The third kappa shape index (κ3) is 2.88. The Bertz CT molecular complexity index is 882. The van der Waals surface area contributed by atoms with E-state index >= 15 is 0 Å². The molecule has 6 atom stereocenters. The van der Waals surface area contributed by atoms with Crippen LogP contribution in [0.2, 0.25) is 0 Å². The summed E-state index contributed by atoms with van der Waals surface area (Å²) in [7, 11) is 0. The number of rotatable bonds is 2. The van der Waals surface area contributed by atoms with Gasteiger partial charge in [0.2, 0.25) is 0 Å². The number of aliphatic hydroxyl groups excluding tert-OH is 1. The van der Waals surface area contributed by atoms with Gasteiger partial charge in [0.15, 0.2) is 12.1 Å². The van der Waals surface area contributed by atoms with Crippen LogP contribution in [0.4, 0.5) is 0 Å². The van der Waals surface area contributed by atoms with Gasteiger partial charge in [0.25, 0.3) is 0 Å². The lowest BCUT2D eigenvalue weighted by molar-refractivity contribution is -0.128. The molecular formula is C23H27NO5. The smallest absolute Gasteiger partial charge is 0.166 e. The van der Waals surface area contributed by atoms with Crippen LogP contribution >= 0.6 is 0 Å². The maximum atomic E-state index is 13.1. The second-order valence-corrected chi connectivity index (χ2v) is 9.42. The first-order chi connectivity index (χ1) is 13.9. The van der Waals surface area contributed by atoms with Crippen molar-refractivity contribution in [1.82, 2.24) is 0 Å². The molecule has 0 amide bonds. The van der Waals surface area contributed by atoms with Crippen molar-refractivity contribution in [2.24, 2.45) is 34.1 Å². The summed E-state index contributed by atoms with van der Waals surface area (Å²) in [5, 5.41) is 19.1. The molecule has 0 aromatic rings. The van der Waals surface area contributed by atoms with Gasteiger partial charge < -0.3 is 14.9 Å². The molecule has 0 spiro atoms. The van der Waals surface area contributed by atoms with Crippen LogP contribution in [-0.2, 0) is 14.3 Å². The molecule has 3 aliphatic carbocycles. The molecule has 6 heteroatoms. The molecule has 0 aromatic carbocycles. The first-order valence-corrected chi connectivity index (χ1v) is 10.6. The molecule has 2 fully saturated rings. The molecule has 2 aliphatic heterocycles. The number of dihydropyridines is 1. The maximum absolute atomic E-state index is 13.1. The third-order valence-corrected chi connectivity index (χ3v) is 7.82. The first kappa shape index (κ1) is 18.9. The highest BCUT2D eigenvalue weighted by Gasteiger charge is 2.59. The number of Topliss-reactive ketones (excluding diaryl/α,β-unsaturated/α-hetero) is 2. The Morgan fingerprint density at radius 1 is 1.24 bits per heavy atom. The summed E-state index contributed by atoms with van der Waals surface area (Å²) >= 11 is 0. The molecule has 2 heterocycles. The van der Waals surface area contributed by atoms with E-state index in [1.807, 2.05) is 12.2 Å². The number of hydrogen-bond acceptors (Lipinski definition) is 6. The fourth-order valence-corrected chi connectivity index (χ4v) is 6.28. The highest BCUT2D eigenvalue weighted by molar-refractivity contribution is 6.00. The summed E-state index contributed by atoms with van der Waals surface area (Å²) in [5.74, 6) is 0.387. The average Bonchev–Trinajstić information content (AvgIpc) is 2.98. The summed E-state index contributed by atoms with van der Waals surface area (Å²) in [6.07, 6.45) is 8.76. The number of aliphatic hydroxyl groups is 2. The lowest BCUT2D eigenvalue weighted by atomic mass is 9.59. The standard InChI is InChI=1S/C23H27NO5/c1-23-5-4-12-7-15-17(25)8-14(22(27)28)9-19(15)29-21(12)16(23)10-18(26)20(23)13-3-2-6-24-11-13/h2-3,6-7,13-14,16,20-22,27-28H,4-5,8-11H2,1H3/t13?,14?,16-,20-,21+,23-/m0/s1. The Kier molecular flexibility index (Phi) is 4.40. The predicted octanol–water partition coefficient (Wildman–Crippen LogP) is 2.12. The van der Waals surface area contributed by atoms with Crippen molar-refractivity contribution in [2.45, 2.75) is 51.4 Å². The van der Waals surface area contributed by atoms with Crippen LogP contribution in [0.5, 0.6) is 0 Å². The van der Waals surface area contributed by atoms with Crippen LogP contribution in [0.1, 0.15) is 39.0 Å². The van der Waals surface area contributed by atoms with Crippen LogP contribution in [0.25, 0.3) is 0 Å². The Hall–Kier alpha value is -2.05. The Morgan fingerprint density at radius 3 is 2.79 bits per heavy atom. The molecule has 5 rings (SSSR count). The maximum Gasteiger partial charge on any atom is 0.166 e. The van der Waals surface area contributed by atoms with E-state index in [1.54, 1.807) is 6.21 Å². The Labute approximate surface area is 170 Å². The summed E-state index contributed by atoms with van der Waals surface area (Å²) in [6.45, 7) is 2.87. The quantitative estimate of drug-likeness (QED) is 0.696. The molecule has 6 nitrogen and oxygen atoms in total. The molecule has 2 unspecified atom stereocenters. The minimum absolute atomic E-state index is 0.0540. The van der Waals surface area contributed by atoms with E-state index in [-0.39, 0.29) is 47.3 Å². The van der Waals surface area contributed by atoms with E-state index in [0.29, 0.717) is 30.7 Å². The van der Waals surface area contributed by atoms with E-state index in [4.69, 9.17) is 4.74 Å². The van der Waals surface area contributed by atoms with Crippen molar-refractivity contribution < 1.29 is 24.5 Å². The molecule has 154 valence electrons. The molecule has 29 heavy (non-hydrogen) atoms. The normalized spacial score (nSPS) is 41.1. The third-order valence-electron chi connectivity index (χ3n) is 7.82. The lowest BCUT2D eigenvalue weighted by Gasteiger charge is -2.48. The summed E-state index contributed by atoms with van der Waals surface area (Å²) in [6, 6.07) is 0. The van der Waals surface area contributed by atoms with Crippen molar-refractivity contribution >= 4 is 17.8 Å². The monoisotopic (exact) mass is 397 g/mol. The largest absolute Gasteiger partial charge is 0.489 e. The zero-order chi connectivity index (χ0) is 20.3. The molecule has 0 radical (unpaired) electrons. The number of fused-ring (bicyclic) bond motifs is 3. The van der Waals surface area contributed by atoms with Crippen LogP contribution in [0.15, 0.2) is 40.1 Å². The van der Waals surface area contributed by atoms with Gasteiger partial charge in [-0.15, -0.1) is 0 Å². The number of allylic oxidation sites excluding steroid dienone is 4. The van der Waals surface area contributed by atoms with E-state index in [9.17, 15) is 19.8 Å². The number of ketones is 2. The van der Waals surface area contributed by atoms with Crippen molar-refractivity contribution in [2.75, 3.05) is 6.54 Å². The number of carbonyl (C=O) groups is 2. The molecule has 2 N–H and O–H groups in total. The zero-order valence-corrected chi connectivity index (χ0v) is 16.6. The second-order valence-electron chi connectivity index (χ2n) is 9.42. The van der Waals surface area contributed by atoms with E-state index in [1.165, 1.54) is 0 Å². The number of ether oxygens (including phenoxy) is 1. The van der Waals surface area contributed by atoms with Crippen molar-refractivity contribution in [3.63, 3.8) is 0 Å². The van der Waals surface area contributed by atoms with Crippen LogP contribution in [0, 0.1) is 29.1 Å². The average molecular weight is 397 g/mol. The highest BCUT2D eigenvalue weighted by Crippen LogP contribution is 2.59. The van der Waals surface area contributed by atoms with E-state index < -0.39 is 12.2 Å². The summed E-state index contributed by atoms with van der Waals surface area (Å²) < 4.78 is 6.38. The number of aliphatic imine (C=N–C) groups is 1. The molecule has 5 aliphatic rings. The number of carbonyl (C=O) groups excluding carboxylic acids is 2. The minimum Gasteiger partial charge on any atom is -0.489 e. The summed E-state index contributed by atoms with van der Waals surface area (Å²) in [4.78, 5) is 30.0. The highest BCUT2D eigenvalue weighted by atomic mass is 16.5. The minimum atomic E-state index is -1.53. The van der Waals surface area contributed by atoms with Gasteiger partial charge in [-0.2, -0.15) is 0 Å². The topological polar surface area (TPSA) is 96.2 Å². The first-order valence-electron chi connectivity index (χ1n) is 10.6. The van der Waals surface area contributed by atoms with Gasteiger partial charge in [-0.3, -0.25) is 14.6 Å². The van der Waals surface area contributed by atoms with Gasteiger partial charge in [0.05, 0.1) is 5.57 Å². The second kappa shape index (κ2) is 6.74. The molecule has 2 saturated carbocycles. The lowest BCUT2D eigenvalue weighted by Crippen LogP contribution is -2.46. The molecule has 0 saturated heterocycles. The molecule has 0 bridgehead atoms. The van der Waals surface area contributed by atoms with Gasteiger partial charge in [-0.1, -0.05) is 13.0 Å². The van der Waals surface area contributed by atoms with Gasteiger partial charge in [0.1, 0.15) is 17.6 Å². The SMILES string of the molecule is C[C@]12CCC3=CC4=C(CC(C(O)O)CC4=O)O[C@H]3[C@@H]1CC(=O)[C@@H]2C1C=CC=NC1. The van der Waals surface area contributed by atoms with Crippen molar-refractivity contribution in [1.29, 1.82) is 0 Å². The van der Waals surface area contributed by atoms with Crippen LogP contribution in [0.3, 0.4) is 0 Å². The van der Waals surface area contributed by atoms with Crippen LogP contribution in [-0.4, -0.2) is 46.9 Å². The Balaban J connectivity index is 1.45. The van der Waals surface area contributed by atoms with Gasteiger partial charge in [-0.05, 0) is 36.0 Å². The molecule has 0 aromatic heterocycles. The van der Waals surface area contributed by atoms with Gasteiger partial charge >= 0.3 is 0 Å². The molecular weight excluding hydrogens is 370 g/mol. The predicted molar refractivity (Wildman–Crippen MR) is 106 cm³/mol. The number of hydrogen-bond donors (Lipinski definition) is 2. The summed E-state index contributed by atoms with van der Waals surface area (Å²) in [5.41, 5.74) is 1.53. The zero-order valence-electron chi connectivity index (χ0n) is 16.6. The van der Waals surface area contributed by atoms with Crippen molar-refractivity contribution in [3.8, 4) is 0 Å². The van der Waals surface area contributed by atoms with Gasteiger partial charge in [-0.25, -0.2) is 0 Å². The van der Waals surface area contributed by atoms with Crippen LogP contribution < -0.4 is 0 Å². The van der Waals surface area contributed by atoms with Gasteiger partial charge in [0, 0.05) is 55.7 Å². The Morgan fingerprint density at radius 2 is 2.07 bits per heavy atom. The fourth-order valence-electron chi connectivity index (χ4n) is 6.28. The van der Waals surface area contributed by atoms with Crippen molar-refractivity contribution in [3.05, 3.63) is 35.1 Å². The van der Waals surface area contributed by atoms with E-state index in [2.05, 4.69) is 18.0 Å². The fraction of sp³-hybridized carbons (Fsp3) is 0.609.